The highest BCUT2D eigenvalue weighted by molar-refractivity contribution is 6.03. The third-order valence-corrected chi connectivity index (χ3v) is 3.61. The van der Waals surface area contributed by atoms with Gasteiger partial charge in [-0.1, -0.05) is 18.2 Å². The lowest BCUT2D eigenvalue weighted by Gasteiger charge is -2.06. The first kappa shape index (κ1) is 15.7. The molecule has 0 aliphatic carbocycles. The summed E-state index contributed by atoms with van der Waals surface area (Å²) in [4.78, 5) is 28.3. The minimum Gasteiger partial charge on any atom is -0.431 e. The molecule has 0 saturated carbocycles. The Kier molecular flexibility index (Phi) is 4.29. The Morgan fingerprint density at radius 1 is 1.21 bits per heavy atom. The topological polar surface area (TPSA) is 77.1 Å². The number of amides is 1. The third kappa shape index (κ3) is 3.12. The van der Waals surface area contributed by atoms with Crippen molar-refractivity contribution in [1.82, 2.24) is 9.55 Å². The molecule has 0 spiro atoms. The van der Waals surface area contributed by atoms with Gasteiger partial charge in [-0.2, -0.15) is 0 Å². The number of anilines is 1. The zero-order valence-electron chi connectivity index (χ0n) is 13.4. The average molecular weight is 323 g/mol. The second-order valence-corrected chi connectivity index (χ2v) is 5.30. The second kappa shape index (κ2) is 6.54. The van der Waals surface area contributed by atoms with Crippen LogP contribution in [0, 0.1) is 6.92 Å². The number of aryl methyl sites for hydroxylation is 2. The maximum absolute atomic E-state index is 12.4. The molecule has 6 nitrogen and oxygen atoms in total. The number of benzene rings is 1. The van der Waals surface area contributed by atoms with Crippen LogP contribution in [0.1, 0.15) is 23.2 Å². The molecule has 3 rings (SSSR count). The molecule has 1 aromatic carbocycles. The minimum atomic E-state index is -0.400. The summed E-state index contributed by atoms with van der Waals surface area (Å²) in [5, 5.41) is 2.73. The molecule has 0 atom stereocenters. The van der Waals surface area contributed by atoms with Crippen molar-refractivity contribution in [3.63, 3.8) is 0 Å². The van der Waals surface area contributed by atoms with Crippen molar-refractivity contribution in [2.24, 2.45) is 0 Å². The molecule has 2 heterocycles. The fourth-order valence-corrected chi connectivity index (χ4v) is 2.35. The summed E-state index contributed by atoms with van der Waals surface area (Å²) in [5.74, 6) is 0.156. The van der Waals surface area contributed by atoms with E-state index < -0.39 is 5.91 Å². The summed E-state index contributed by atoms with van der Waals surface area (Å²) >= 11 is 0. The van der Waals surface area contributed by atoms with Crippen LogP contribution >= 0.6 is 0 Å². The molecule has 0 radical (unpaired) electrons. The van der Waals surface area contributed by atoms with Crippen LogP contribution in [-0.4, -0.2) is 15.5 Å². The number of hydrogen-bond acceptors (Lipinski definition) is 4. The average Bonchev–Trinajstić information content (AvgIpc) is 2.99. The van der Waals surface area contributed by atoms with E-state index in [1.807, 2.05) is 37.3 Å². The standard InChI is InChI=1S/C18H17N3O3/c1-3-21-11-14(9-10-15(21)22)20-17(23)16-12(2)19-18(24-16)13-7-5-4-6-8-13/h4-11H,3H2,1-2H3,(H,20,23). The summed E-state index contributed by atoms with van der Waals surface area (Å²) in [7, 11) is 0. The molecular formula is C18H17N3O3. The van der Waals surface area contributed by atoms with Crippen molar-refractivity contribution in [3.05, 3.63) is 70.5 Å². The van der Waals surface area contributed by atoms with Gasteiger partial charge in [0.15, 0.2) is 0 Å². The van der Waals surface area contributed by atoms with Gasteiger partial charge in [-0.05, 0) is 32.0 Å². The van der Waals surface area contributed by atoms with Gasteiger partial charge in [0.2, 0.25) is 11.7 Å². The van der Waals surface area contributed by atoms with Crippen LogP contribution in [-0.2, 0) is 6.54 Å². The van der Waals surface area contributed by atoms with E-state index in [4.69, 9.17) is 4.42 Å². The zero-order valence-corrected chi connectivity index (χ0v) is 13.4. The van der Waals surface area contributed by atoms with E-state index in [-0.39, 0.29) is 11.3 Å². The molecule has 0 fully saturated rings. The summed E-state index contributed by atoms with van der Waals surface area (Å²) in [6.07, 6.45) is 1.60. The predicted molar refractivity (Wildman–Crippen MR) is 91.0 cm³/mol. The van der Waals surface area contributed by atoms with E-state index in [9.17, 15) is 9.59 Å². The molecule has 0 aliphatic rings. The van der Waals surface area contributed by atoms with Crippen LogP contribution < -0.4 is 10.9 Å². The van der Waals surface area contributed by atoms with Crippen molar-refractivity contribution >= 4 is 11.6 Å². The molecule has 2 aromatic heterocycles. The first-order valence-corrected chi connectivity index (χ1v) is 7.63. The van der Waals surface area contributed by atoms with Crippen LogP contribution in [0.5, 0.6) is 0 Å². The monoisotopic (exact) mass is 323 g/mol. The van der Waals surface area contributed by atoms with Gasteiger partial charge in [-0.15, -0.1) is 0 Å². The number of aromatic nitrogens is 2. The molecule has 3 aromatic rings. The Hall–Kier alpha value is -3.15. The van der Waals surface area contributed by atoms with E-state index in [2.05, 4.69) is 10.3 Å². The third-order valence-electron chi connectivity index (χ3n) is 3.61. The van der Waals surface area contributed by atoms with Gasteiger partial charge < -0.3 is 14.3 Å². The smallest absolute Gasteiger partial charge is 0.293 e. The fraction of sp³-hybridized carbons (Fsp3) is 0.167. The summed E-state index contributed by atoms with van der Waals surface area (Å²) in [6.45, 7) is 4.11. The number of hydrogen-bond donors (Lipinski definition) is 1. The number of carbonyl (C=O) groups excluding carboxylic acids is 1. The maximum atomic E-state index is 12.4. The Morgan fingerprint density at radius 2 is 1.96 bits per heavy atom. The summed E-state index contributed by atoms with van der Waals surface area (Å²) < 4.78 is 7.14. The molecule has 24 heavy (non-hydrogen) atoms. The Bertz CT molecular complexity index is 926. The van der Waals surface area contributed by atoms with E-state index in [0.29, 0.717) is 23.8 Å². The van der Waals surface area contributed by atoms with Crippen LogP contribution in [0.2, 0.25) is 0 Å². The van der Waals surface area contributed by atoms with E-state index >= 15 is 0 Å². The van der Waals surface area contributed by atoms with Crippen molar-refractivity contribution in [2.45, 2.75) is 20.4 Å². The number of nitrogens with one attached hydrogen (secondary N) is 1. The summed E-state index contributed by atoms with van der Waals surface area (Å²) in [6, 6.07) is 12.4. The highest BCUT2D eigenvalue weighted by Crippen LogP contribution is 2.22. The van der Waals surface area contributed by atoms with Gasteiger partial charge >= 0.3 is 0 Å². The largest absolute Gasteiger partial charge is 0.431 e. The van der Waals surface area contributed by atoms with Gasteiger partial charge in [0.05, 0.1) is 11.4 Å². The van der Waals surface area contributed by atoms with Crippen molar-refractivity contribution in [3.8, 4) is 11.5 Å². The number of nitrogens with zero attached hydrogens (tertiary/aromatic N) is 2. The molecule has 0 bridgehead atoms. The van der Waals surface area contributed by atoms with Gasteiger partial charge in [0.25, 0.3) is 11.5 Å². The van der Waals surface area contributed by atoms with Gasteiger partial charge in [0.1, 0.15) is 0 Å². The number of carbonyl (C=O) groups is 1. The Morgan fingerprint density at radius 3 is 2.67 bits per heavy atom. The molecule has 122 valence electrons. The first-order chi connectivity index (χ1) is 11.6. The van der Waals surface area contributed by atoms with Crippen molar-refractivity contribution in [2.75, 3.05) is 5.32 Å². The molecule has 1 N–H and O–H groups in total. The summed E-state index contributed by atoms with van der Waals surface area (Å²) in [5.41, 5.74) is 1.73. The van der Waals surface area contributed by atoms with Crippen LogP contribution in [0.25, 0.3) is 11.5 Å². The van der Waals surface area contributed by atoms with Crippen LogP contribution in [0.4, 0.5) is 5.69 Å². The lowest BCUT2D eigenvalue weighted by Crippen LogP contribution is -2.19. The molecule has 0 saturated heterocycles. The Balaban J connectivity index is 1.86. The molecule has 0 aliphatic heterocycles. The van der Waals surface area contributed by atoms with Crippen LogP contribution in [0.15, 0.2) is 57.9 Å². The number of rotatable bonds is 4. The minimum absolute atomic E-state index is 0.113. The van der Waals surface area contributed by atoms with Crippen molar-refractivity contribution in [1.29, 1.82) is 0 Å². The first-order valence-electron chi connectivity index (χ1n) is 7.63. The van der Waals surface area contributed by atoms with Crippen LogP contribution in [0.3, 0.4) is 0 Å². The lowest BCUT2D eigenvalue weighted by molar-refractivity contribution is 0.0996. The highest BCUT2D eigenvalue weighted by Gasteiger charge is 2.18. The van der Waals surface area contributed by atoms with Gasteiger partial charge in [-0.3, -0.25) is 9.59 Å². The highest BCUT2D eigenvalue weighted by atomic mass is 16.4. The lowest BCUT2D eigenvalue weighted by atomic mass is 10.2. The molecular weight excluding hydrogens is 306 g/mol. The molecule has 1 amide bonds. The van der Waals surface area contributed by atoms with Crippen molar-refractivity contribution < 1.29 is 9.21 Å². The zero-order chi connectivity index (χ0) is 17.1. The van der Waals surface area contributed by atoms with Gasteiger partial charge in [0, 0.05) is 24.4 Å². The quantitative estimate of drug-likeness (QED) is 0.800. The van der Waals surface area contributed by atoms with E-state index in [1.54, 1.807) is 19.2 Å². The molecule has 6 heteroatoms. The maximum Gasteiger partial charge on any atom is 0.293 e. The number of oxazole rings is 1. The normalized spacial score (nSPS) is 10.6. The Labute approximate surface area is 138 Å². The number of pyridine rings is 1. The SMILES string of the molecule is CCn1cc(NC(=O)c2oc(-c3ccccc3)nc2C)ccc1=O. The predicted octanol–water partition coefficient (Wildman–Crippen LogP) is 3.08. The fourth-order valence-electron chi connectivity index (χ4n) is 2.35. The van der Waals surface area contributed by atoms with Gasteiger partial charge in [-0.25, -0.2) is 4.98 Å². The van der Waals surface area contributed by atoms with E-state index in [1.165, 1.54) is 10.6 Å². The second-order valence-electron chi connectivity index (χ2n) is 5.30. The van der Waals surface area contributed by atoms with E-state index in [0.717, 1.165) is 5.56 Å². The molecule has 0 unspecified atom stereocenters.